The lowest BCUT2D eigenvalue weighted by Gasteiger charge is -2.21. The zero-order chi connectivity index (χ0) is 22.8. The Bertz CT molecular complexity index is 1400. The largest absolute Gasteiger partial charge is 0.411 e. The van der Waals surface area contributed by atoms with Crippen molar-refractivity contribution in [3.8, 4) is 11.5 Å². The van der Waals surface area contributed by atoms with Crippen LogP contribution in [0.15, 0.2) is 82.4 Å². The number of fused-ring (bicyclic) bond motifs is 1. The van der Waals surface area contributed by atoms with Gasteiger partial charge in [0.25, 0.3) is 5.22 Å². The summed E-state index contributed by atoms with van der Waals surface area (Å²) in [7, 11) is 0. The van der Waals surface area contributed by atoms with Crippen LogP contribution in [-0.4, -0.2) is 26.8 Å². The average molecular weight is 493 g/mol. The second-order valence-electron chi connectivity index (χ2n) is 7.15. The number of halogens is 1. The summed E-state index contributed by atoms with van der Waals surface area (Å²) in [6.45, 7) is 1.98. The van der Waals surface area contributed by atoms with Gasteiger partial charge in [-0.1, -0.05) is 65.0 Å². The third-order valence-electron chi connectivity index (χ3n) is 4.90. The van der Waals surface area contributed by atoms with Gasteiger partial charge in [-0.2, -0.15) is 0 Å². The average Bonchev–Trinajstić information content (AvgIpc) is 3.47. The van der Waals surface area contributed by atoms with E-state index in [1.165, 1.54) is 23.1 Å². The van der Waals surface area contributed by atoms with Crippen LogP contribution in [0.2, 0.25) is 5.02 Å². The number of carbonyl (C=O) groups is 1. The van der Waals surface area contributed by atoms with E-state index < -0.39 is 0 Å². The number of thioether (sulfide) groups is 1. The van der Waals surface area contributed by atoms with E-state index in [1.54, 1.807) is 17.0 Å². The fourth-order valence-electron chi connectivity index (χ4n) is 3.28. The van der Waals surface area contributed by atoms with Crippen molar-refractivity contribution < 1.29 is 9.21 Å². The Kier molecular flexibility index (Phi) is 6.13. The first-order chi connectivity index (χ1) is 16.1. The summed E-state index contributed by atoms with van der Waals surface area (Å²) in [6, 6.07) is 22.8. The molecule has 33 heavy (non-hydrogen) atoms. The zero-order valence-electron chi connectivity index (χ0n) is 17.4. The van der Waals surface area contributed by atoms with Gasteiger partial charge >= 0.3 is 0 Å². The van der Waals surface area contributed by atoms with Gasteiger partial charge in [-0.3, -0.25) is 9.69 Å². The molecule has 0 atom stereocenters. The Morgan fingerprint density at radius 3 is 2.58 bits per heavy atom. The molecule has 0 saturated heterocycles. The van der Waals surface area contributed by atoms with Crippen LogP contribution in [0.25, 0.3) is 21.7 Å². The third kappa shape index (κ3) is 4.64. The number of hydrogen-bond acceptors (Lipinski definition) is 7. The minimum atomic E-state index is -0.125. The Hall–Kier alpha value is -3.20. The van der Waals surface area contributed by atoms with Crippen LogP contribution >= 0.6 is 34.7 Å². The van der Waals surface area contributed by atoms with Crippen molar-refractivity contribution in [3.05, 3.63) is 83.4 Å². The molecule has 0 fully saturated rings. The summed E-state index contributed by atoms with van der Waals surface area (Å²) >= 11 is 8.62. The maximum Gasteiger partial charge on any atom is 0.277 e. The fourth-order valence-corrected chi connectivity index (χ4v) is 5.01. The highest BCUT2D eigenvalue weighted by Gasteiger charge is 2.24. The fraction of sp³-hybridized carbons (Fsp3) is 0.0833. The van der Waals surface area contributed by atoms with Crippen LogP contribution in [0.1, 0.15) is 5.56 Å². The Balaban J connectivity index is 1.40. The Morgan fingerprint density at radius 1 is 1.03 bits per heavy atom. The van der Waals surface area contributed by atoms with E-state index in [-0.39, 0.29) is 11.7 Å². The normalized spacial score (nSPS) is 11.1. The SMILES string of the molecule is Cc1ccccc1N(C(=O)CSc1nnc(-c2ccc(Cl)cc2)o1)c1nc2ccccc2s1. The van der Waals surface area contributed by atoms with Crippen molar-refractivity contribution in [2.24, 2.45) is 0 Å². The monoisotopic (exact) mass is 492 g/mol. The van der Waals surface area contributed by atoms with Crippen LogP contribution in [-0.2, 0) is 4.79 Å². The maximum absolute atomic E-state index is 13.4. The molecule has 0 aliphatic heterocycles. The van der Waals surface area contributed by atoms with Gasteiger partial charge in [-0.25, -0.2) is 4.98 Å². The number of anilines is 2. The van der Waals surface area contributed by atoms with Crippen molar-refractivity contribution in [2.45, 2.75) is 12.1 Å². The molecule has 0 N–H and O–H groups in total. The second kappa shape index (κ2) is 9.35. The molecule has 0 aliphatic carbocycles. The molecule has 0 saturated carbocycles. The van der Waals surface area contributed by atoms with E-state index in [1.807, 2.05) is 67.6 Å². The van der Waals surface area contributed by atoms with Crippen LogP contribution in [0.4, 0.5) is 10.8 Å². The van der Waals surface area contributed by atoms with E-state index in [9.17, 15) is 4.79 Å². The minimum Gasteiger partial charge on any atom is -0.411 e. The van der Waals surface area contributed by atoms with Gasteiger partial charge < -0.3 is 4.42 Å². The molecule has 1 amide bonds. The number of para-hydroxylation sites is 2. The van der Waals surface area contributed by atoms with Gasteiger partial charge in [0.05, 0.1) is 21.7 Å². The summed E-state index contributed by atoms with van der Waals surface area (Å²) in [5.41, 5.74) is 3.41. The zero-order valence-corrected chi connectivity index (χ0v) is 19.8. The van der Waals surface area contributed by atoms with Crippen LogP contribution in [0, 0.1) is 6.92 Å². The first-order valence-corrected chi connectivity index (χ1v) is 12.2. The van der Waals surface area contributed by atoms with E-state index in [0.29, 0.717) is 21.3 Å². The number of amides is 1. The second-order valence-corrected chi connectivity index (χ2v) is 9.52. The molecule has 0 unspecified atom stereocenters. The quantitative estimate of drug-likeness (QED) is 0.244. The number of rotatable bonds is 6. The highest BCUT2D eigenvalue weighted by atomic mass is 35.5. The molecule has 0 aliphatic rings. The summed E-state index contributed by atoms with van der Waals surface area (Å²) in [5, 5.41) is 9.74. The molecule has 164 valence electrons. The first-order valence-electron chi connectivity index (χ1n) is 10.0. The van der Waals surface area contributed by atoms with E-state index in [0.717, 1.165) is 27.0 Å². The van der Waals surface area contributed by atoms with Gasteiger partial charge in [0.1, 0.15) is 0 Å². The van der Waals surface area contributed by atoms with Gasteiger partial charge in [-0.15, -0.1) is 10.2 Å². The van der Waals surface area contributed by atoms with Crippen molar-refractivity contribution in [3.63, 3.8) is 0 Å². The van der Waals surface area contributed by atoms with Crippen LogP contribution in [0.5, 0.6) is 0 Å². The van der Waals surface area contributed by atoms with Crippen molar-refractivity contribution in [2.75, 3.05) is 10.7 Å². The molecule has 9 heteroatoms. The first kappa shape index (κ1) is 21.6. The number of hydrogen-bond donors (Lipinski definition) is 0. The molecule has 0 spiro atoms. The summed E-state index contributed by atoms with van der Waals surface area (Å²) < 4.78 is 6.76. The predicted octanol–water partition coefficient (Wildman–Crippen LogP) is 6.77. The topological polar surface area (TPSA) is 72.1 Å². The minimum absolute atomic E-state index is 0.118. The summed E-state index contributed by atoms with van der Waals surface area (Å²) in [4.78, 5) is 19.8. The third-order valence-corrected chi connectivity index (χ3v) is 6.97. The lowest BCUT2D eigenvalue weighted by atomic mass is 10.2. The Labute approximate surface area is 203 Å². The standard InChI is InChI=1S/C24H17ClN4O2S2/c1-15-6-2-4-8-19(15)29(23-26-18-7-3-5-9-20(18)33-23)21(30)14-32-24-28-27-22(31-24)16-10-12-17(25)13-11-16/h2-13H,14H2,1H3. The molecule has 0 bridgehead atoms. The highest BCUT2D eigenvalue weighted by molar-refractivity contribution is 7.99. The highest BCUT2D eigenvalue weighted by Crippen LogP contribution is 2.36. The van der Waals surface area contributed by atoms with Crippen molar-refractivity contribution in [1.29, 1.82) is 0 Å². The summed E-state index contributed by atoms with van der Waals surface area (Å²) in [6.07, 6.45) is 0. The summed E-state index contributed by atoms with van der Waals surface area (Å²) in [5.74, 6) is 0.370. The molecule has 5 rings (SSSR count). The van der Waals surface area contributed by atoms with E-state index in [4.69, 9.17) is 21.0 Å². The molecule has 0 radical (unpaired) electrons. The number of benzene rings is 3. The van der Waals surface area contributed by atoms with E-state index in [2.05, 4.69) is 10.2 Å². The van der Waals surface area contributed by atoms with Gasteiger partial charge in [-0.05, 0) is 55.0 Å². The predicted molar refractivity (Wildman–Crippen MR) is 133 cm³/mol. The Morgan fingerprint density at radius 2 is 1.79 bits per heavy atom. The lowest BCUT2D eigenvalue weighted by Crippen LogP contribution is -2.28. The molecule has 2 aromatic heterocycles. The molecule has 3 aromatic carbocycles. The smallest absolute Gasteiger partial charge is 0.277 e. The van der Waals surface area contributed by atoms with Gasteiger partial charge in [0, 0.05) is 10.6 Å². The lowest BCUT2D eigenvalue weighted by molar-refractivity contribution is -0.115. The van der Waals surface area contributed by atoms with Gasteiger partial charge in [0.15, 0.2) is 5.13 Å². The van der Waals surface area contributed by atoms with E-state index >= 15 is 0 Å². The number of thiazole rings is 1. The van der Waals surface area contributed by atoms with Crippen molar-refractivity contribution in [1.82, 2.24) is 15.2 Å². The maximum atomic E-state index is 13.4. The number of carbonyl (C=O) groups excluding carboxylic acids is 1. The molecule has 2 heterocycles. The number of aromatic nitrogens is 3. The van der Waals surface area contributed by atoms with Gasteiger partial charge in [0.2, 0.25) is 11.8 Å². The molecule has 6 nitrogen and oxygen atoms in total. The molecule has 5 aromatic rings. The number of aryl methyl sites for hydroxylation is 1. The number of nitrogens with zero attached hydrogens (tertiary/aromatic N) is 4. The molecular weight excluding hydrogens is 476 g/mol. The van der Waals surface area contributed by atoms with Crippen LogP contribution < -0.4 is 4.90 Å². The van der Waals surface area contributed by atoms with Crippen LogP contribution in [0.3, 0.4) is 0 Å². The molecular formula is C24H17ClN4O2S2. The van der Waals surface area contributed by atoms with Crippen molar-refractivity contribution >= 4 is 61.6 Å².